The number of fused-ring (bicyclic) bond motifs is 2. The van der Waals surface area contributed by atoms with Gasteiger partial charge in [0.1, 0.15) is 5.75 Å². The Hall–Kier alpha value is -1.80. The molecule has 0 aromatic heterocycles. The topological polar surface area (TPSA) is 53.0 Å². The molecule has 2 aliphatic heterocycles. The maximum atomic E-state index is 10.6. The first-order valence-corrected chi connectivity index (χ1v) is 10.1. The molecule has 8 heteroatoms. The van der Waals surface area contributed by atoms with Crippen LogP contribution >= 0.6 is 0 Å². The van der Waals surface area contributed by atoms with E-state index >= 15 is 0 Å². The lowest BCUT2D eigenvalue weighted by molar-refractivity contribution is -0.192. The third kappa shape index (κ3) is 5.04. The largest absolute Gasteiger partial charge is 0.497 e. The lowest BCUT2D eigenvalue weighted by Gasteiger charge is -2.51. The van der Waals surface area contributed by atoms with E-state index < -0.39 is 12.1 Å². The van der Waals surface area contributed by atoms with Crippen molar-refractivity contribution in [1.29, 1.82) is 0 Å². The van der Waals surface area contributed by atoms with Crippen molar-refractivity contribution in [3.05, 3.63) is 29.3 Å². The molecule has 1 N–H and O–H groups in total. The van der Waals surface area contributed by atoms with E-state index in [1.165, 1.54) is 69.4 Å². The van der Waals surface area contributed by atoms with Crippen LogP contribution in [0.2, 0.25) is 0 Å². The van der Waals surface area contributed by atoms with Gasteiger partial charge < -0.3 is 14.7 Å². The van der Waals surface area contributed by atoms with Crippen molar-refractivity contribution in [3.8, 4) is 5.75 Å². The van der Waals surface area contributed by atoms with Gasteiger partial charge in [-0.25, -0.2) is 4.79 Å². The number of hydrogen-bond acceptors (Lipinski definition) is 4. The van der Waals surface area contributed by atoms with E-state index in [1.807, 2.05) is 0 Å². The van der Waals surface area contributed by atoms with Gasteiger partial charge in [-0.1, -0.05) is 6.07 Å². The molecular formula is C21H29F3N2O3. The van der Waals surface area contributed by atoms with Gasteiger partial charge in [-0.05, 0) is 68.3 Å². The molecular weight excluding hydrogens is 385 g/mol. The van der Waals surface area contributed by atoms with Crippen LogP contribution in [0.15, 0.2) is 18.2 Å². The molecule has 3 aliphatic rings. The van der Waals surface area contributed by atoms with Gasteiger partial charge in [-0.3, -0.25) is 4.90 Å². The summed E-state index contributed by atoms with van der Waals surface area (Å²) in [7, 11) is 4.10. The van der Waals surface area contributed by atoms with Gasteiger partial charge >= 0.3 is 12.1 Å². The Bertz CT molecular complexity index is 726. The number of alkyl halides is 3. The summed E-state index contributed by atoms with van der Waals surface area (Å²) in [5.41, 5.74) is 3.31. The third-order valence-electron chi connectivity index (χ3n) is 6.40. The molecule has 1 aromatic rings. The van der Waals surface area contributed by atoms with Gasteiger partial charge in [0.05, 0.1) is 7.11 Å². The Morgan fingerprint density at radius 1 is 1.24 bits per heavy atom. The maximum absolute atomic E-state index is 10.6. The number of nitrogens with zero attached hydrogens (tertiary/aromatic N) is 2. The number of benzene rings is 1. The lowest BCUT2D eigenvalue weighted by Crippen LogP contribution is -2.54. The van der Waals surface area contributed by atoms with Gasteiger partial charge in [-0.2, -0.15) is 13.2 Å². The summed E-state index contributed by atoms with van der Waals surface area (Å²) < 4.78 is 37.2. The Kier molecular flexibility index (Phi) is 6.43. The molecule has 2 fully saturated rings. The average Bonchev–Trinajstić information content (AvgIpc) is 3.50. The molecule has 0 bridgehead atoms. The number of aliphatic carboxylic acids is 1. The number of ether oxygens (including phenoxy) is 1. The van der Waals surface area contributed by atoms with Crippen LogP contribution in [-0.4, -0.2) is 67.4 Å². The zero-order chi connectivity index (χ0) is 21.2. The van der Waals surface area contributed by atoms with Gasteiger partial charge in [0, 0.05) is 31.7 Å². The Morgan fingerprint density at radius 3 is 2.38 bits per heavy atom. The molecule has 5 nitrogen and oxygen atoms in total. The number of carboxylic acids is 1. The van der Waals surface area contributed by atoms with Gasteiger partial charge in [-0.15, -0.1) is 0 Å². The summed E-state index contributed by atoms with van der Waals surface area (Å²) >= 11 is 0. The number of hydrogen-bond donors (Lipinski definition) is 1. The molecule has 1 spiro atoms. The minimum atomic E-state index is -5.08. The highest BCUT2D eigenvalue weighted by Gasteiger charge is 2.43. The monoisotopic (exact) mass is 414 g/mol. The normalized spacial score (nSPS) is 21.8. The summed E-state index contributed by atoms with van der Waals surface area (Å²) in [5, 5.41) is 7.12. The van der Waals surface area contributed by atoms with E-state index in [4.69, 9.17) is 14.6 Å². The second kappa shape index (κ2) is 8.52. The molecule has 1 saturated carbocycles. The number of rotatable bonds is 3. The van der Waals surface area contributed by atoms with Crippen molar-refractivity contribution in [2.45, 2.75) is 43.8 Å². The van der Waals surface area contributed by atoms with Crippen LogP contribution in [0.25, 0.3) is 0 Å². The van der Waals surface area contributed by atoms with E-state index in [0.717, 1.165) is 11.7 Å². The van der Waals surface area contributed by atoms with Crippen LogP contribution in [0.3, 0.4) is 0 Å². The van der Waals surface area contributed by atoms with Crippen LogP contribution in [0.1, 0.15) is 36.8 Å². The zero-order valence-electron chi connectivity index (χ0n) is 17.0. The molecule has 0 atom stereocenters. The van der Waals surface area contributed by atoms with Gasteiger partial charge in [0.15, 0.2) is 0 Å². The minimum Gasteiger partial charge on any atom is -0.497 e. The van der Waals surface area contributed by atoms with Gasteiger partial charge in [0.25, 0.3) is 0 Å². The quantitative estimate of drug-likeness (QED) is 0.820. The van der Waals surface area contributed by atoms with E-state index in [-0.39, 0.29) is 5.54 Å². The molecule has 1 saturated heterocycles. The van der Waals surface area contributed by atoms with Crippen LogP contribution in [-0.2, 0) is 16.8 Å². The SMILES string of the molecule is COc1ccc2c(c1)C1(CCN(CC3CC3)CC1)N(C)CC2.O=C(O)C(F)(F)F. The predicted molar refractivity (Wildman–Crippen MR) is 103 cm³/mol. The second-order valence-electron chi connectivity index (χ2n) is 8.27. The van der Waals surface area contributed by atoms with Crippen LogP contribution in [0, 0.1) is 5.92 Å². The van der Waals surface area contributed by atoms with Crippen LogP contribution in [0.4, 0.5) is 13.2 Å². The minimum absolute atomic E-state index is 0.238. The van der Waals surface area contributed by atoms with E-state index in [2.05, 4.69) is 35.0 Å². The van der Waals surface area contributed by atoms with E-state index in [0.29, 0.717) is 0 Å². The molecule has 2 heterocycles. The third-order valence-corrected chi connectivity index (χ3v) is 6.40. The maximum Gasteiger partial charge on any atom is 0.490 e. The fourth-order valence-electron chi connectivity index (χ4n) is 4.46. The van der Waals surface area contributed by atoms with E-state index in [1.54, 1.807) is 7.11 Å². The number of piperidine rings is 1. The van der Waals surface area contributed by atoms with Crippen LogP contribution < -0.4 is 4.74 Å². The van der Waals surface area contributed by atoms with Crippen molar-refractivity contribution in [3.63, 3.8) is 0 Å². The highest BCUT2D eigenvalue weighted by Crippen LogP contribution is 2.44. The average molecular weight is 414 g/mol. The fraction of sp³-hybridized carbons (Fsp3) is 0.667. The Labute approximate surface area is 169 Å². The van der Waals surface area contributed by atoms with Crippen molar-refractivity contribution in [2.24, 2.45) is 5.92 Å². The highest BCUT2D eigenvalue weighted by atomic mass is 19.4. The predicted octanol–water partition coefficient (Wildman–Crippen LogP) is 3.52. The molecule has 0 unspecified atom stereocenters. The highest BCUT2D eigenvalue weighted by molar-refractivity contribution is 5.73. The summed E-state index contributed by atoms with van der Waals surface area (Å²) in [4.78, 5) is 14.2. The summed E-state index contributed by atoms with van der Waals surface area (Å²) in [5.74, 6) is -0.744. The fourth-order valence-corrected chi connectivity index (χ4v) is 4.46. The molecule has 162 valence electrons. The standard InChI is InChI=1S/C19H28N2O.C2HF3O2/c1-20-10-7-16-5-6-17(22-2)13-18(16)19(20)8-11-21(12-9-19)14-15-3-4-15;3-2(4,5)1(6)7/h5-6,13,15H,3-4,7-12,14H2,1-2H3;(H,6,7). The van der Waals surface area contributed by atoms with Crippen LogP contribution in [0.5, 0.6) is 5.75 Å². The first-order chi connectivity index (χ1) is 13.7. The summed E-state index contributed by atoms with van der Waals surface area (Å²) in [6.07, 6.45) is 1.53. The number of likely N-dealkylation sites (tertiary alicyclic amines) is 1. The van der Waals surface area contributed by atoms with Crippen molar-refractivity contribution >= 4 is 5.97 Å². The number of carbonyl (C=O) groups is 1. The lowest BCUT2D eigenvalue weighted by atomic mass is 9.74. The smallest absolute Gasteiger partial charge is 0.490 e. The van der Waals surface area contributed by atoms with Crippen molar-refractivity contribution in [1.82, 2.24) is 9.80 Å². The number of halogens is 3. The Morgan fingerprint density at radius 2 is 1.86 bits per heavy atom. The molecule has 0 amide bonds. The molecule has 29 heavy (non-hydrogen) atoms. The first kappa shape index (κ1) is 21.9. The summed E-state index contributed by atoms with van der Waals surface area (Å²) in [6, 6.07) is 6.72. The van der Waals surface area contributed by atoms with Crippen molar-refractivity contribution in [2.75, 3.05) is 40.3 Å². The zero-order valence-corrected chi connectivity index (χ0v) is 17.0. The molecule has 1 aliphatic carbocycles. The number of methoxy groups -OCH3 is 1. The molecule has 4 rings (SSSR count). The number of carboxylic acid groups (broad SMARTS) is 1. The van der Waals surface area contributed by atoms with Crippen molar-refractivity contribution < 1.29 is 27.8 Å². The number of likely N-dealkylation sites (N-methyl/N-ethyl adjacent to an activating group) is 1. The van der Waals surface area contributed by atoms with E-state index in [9.17, 15) is 13.2 Å². The Balaban J connectivity index is 0.000000298. The first-order valence-electron chi connectivity index (χ1n) is 10.1. The second-order valence-corrected chi connectivity index (χ2v) is 8.27. The summed E-state index contributed by atoms with van der Waals surface area (Å²) in [6.45, 7) is 5.02. The molecule has 1 aromatic carbocycles. The van der Waals surface area contributed by atoms with Gasteiger partial charge in [0.2, 0.25) is 0 Å². The molecule has 0 radical (unpaired) electrons.